The number of nitrogens with one attached hydrogen (secondary N) is 1. The molecule has 3 atom stereocenters. The maximum absolute atomic E-state index is 12.1. The minimum absolute atomic E-state index is 0.263. The van der Waals surface area contributed by atoms with Gasteiger partial charge in [-0.25, -0.2) is 0 Å². The molecule has 1 saturated carbocycles. The van der Waals surface area contributed by atoms with E-state index >= 15 is 0 Å². The van der Waals surface area contributed by atoms with E-state index in [1.807, 2.05) is 0 Å². The maximum atomic E-state index is 12.1. The second-order valence-corrected chi connectivity index (χ2v) is 5.49. The first-order valence-corrected chi connectivity index (χ1v) is 7.05. The molecule has 0 aromatic heterocycles. The lowest BCUT2D eigenvalue weighted by Crippen LogP contribution is -2.46. The summed E-state index contributed by atoms with van der Waals surface area (Å²) >= 11 is 0. The second-order valence-electron chi connectivity index (χ2n) is 5.49. The lowest BCUT2D eigenvalue weighted by atomic mass is 9.92. The summed E-state index contributed by atoms with van der Waals surface area (Å²) in [6, 6.07) is 0.610. The van der Waals surface area contributed by atoms with Crippen molar-refractivity contribution in [1.29, 1.82) is 0 Å². The van der Waals surface area contributed by atoms with E-state index in [4.69, 9.17) is 9.47 Å². The molecule has 6 heteroatoms. The van der Waals surface area contributed by atoms with Crippen LogP contribution in [0.5, 0.6) is 0 Å². The fourth-order valence-corrected chi connectivity index (χ4v) is 2.87. The monoisotopic (exact) mass is 281 g/mol. The van der Waals surface area contributed by atoms with Crippen molar-refractivity contribution < 1.29 is 22.6 Å². The highest BCUT2D eigenvalue weighted by molar-refractivity contribution is 4.82. The van der Waals surface area contributed by atoms with Crippen LogP contribution >= 0.6 is 0 Å². The molecule has 2 aliphatic rings. The van der Waals surface area contributed by atoms with Crippen LogP contribution in [0.25, 0.3) is 0 Å². The van der Waals surface area contributed by atoms with E-state index < -0.39 is 12.8 Å². The van der Waals surface area contributed by atoms with E-state index in [0.717, 1.165) is 38.7 Å². The Labute approximate surface area is 111 Å². The summed E-state index contributed by atoms with van der Waals surface area (Å²) in [5.41, 5.74) is 0. The fraction of sp³-hybridized carbons (Fsp3) is 1.00. The summed E-state index contributed by atoms with van der Waals surface area (Å²) in [5.74, 6) is 0. The normalized spacial score (nSPS) is 33.3. The van der Waals surface area contributed by atoms with Crippen LogP contribution in [0.4, 0.5) is 13.2 Å². The topological polar surface area (TPSA) is 30.5 Å². The maximum Gasteiger partial charge on any atom is 0.411 e. The predicted octanol–water partition coefficient (Wildman–Crippen LogP) is 2.65. The van der Waals surface area contributed by atoms with Crippen LogP contribution in [0.15, 0.2) is 0 Å². The SMILES string of the molecule is FC(F)(F)COC1CCCC(NC2CCCOC2)C1. The molecule has 1 N–H and O–H groups in total. The summed E-state index contributed by atoms with van der Waals surface area (Å²) in [6.07, 6.45) is 0.996. The largest absolute Gasteiger partial charge is 0.411 e. The van der Waals surface area contributed by atoms with E-state index in [2.05, 4.69) is 5.32 Å². The van der Waals surface area contributed by atoms with Gasteiger partial charge in [0.1, 0.15) is 6.61 Å². The fourth-order valence-electron chi connectivity index (χ4n) is 2.87. The Kier molecular flexibility index (Phi) is 5.47. The molecular formula is C13H22F3NO2. The molecule has 0 spiro atoms. The molecule has 1 saturated heterocycles. The van der Waals surface area contributed by atoms with Crippen molar-refractivity contribution >= 4 is 0 Å². The number of ether oxygens (including phenoxy) is 2. The minimum Gasteiger partial charge on any atom is -0.380 e. The molecule has 0 aromatic carbocycles. The molecule has 0 amide bonds. The summed E-state index contributed by atoms with van der Waals surface area (Å²) in [6.45, 7) is 0.404. The highest BCUT2D eigenvalue weighted by atomic mass is 19.4. The molecule has 1 aliphatic carbocycles. The van der Waals surface area contributed by atoms with Gasteiger partial charge in [0.05, 0.1) is 12.7 Å². The van der Waals surface area contributed by atoms with Gasteiger partial charge in [-0.05, 0) is 38.5 Å². The van der Waals surface area contributed by atoms with Crippen molar-refractivity contribution in [3.8, 4) is 0 Å². The third-order valence-corrected chi connectivity index (χ3v) is 3.74. The van der Waals surface area contributed by atoms with Gasteiger partial charge < -0.3 is 14.8 Å². The Morgan fingerprint density at radius 3 is 2.58 bits per heavy atom. The Morgan fingerprint density at radius 2 is 1.89 bits per heavy atom. The number of hydrogen-bond acceptors (Lipinski definition) is 3. The average Bonchev–Trinajstić information content (AvgIpc) is 2.37. The molecule has 1 aliphatic heterocycles. The predicted molar refractivity (Wildman–Crippen MR) is 65.0 cm³/mol. The second kappa shape index (κ2) is 6.90. The lowest BCUT2D eigenvalue weighted by molar-refractivity contribution is -0.188. The van der Waals surface area contributed by atoms with E-state index in [0.29, 0.717) is 19.1 Å². The quantitative estimate of drug-likeness (QED) is 0.859. The summed E-state index contributed by atoms with van der Waals surface area (Å²) in [5, 5.41) is 3.50. The summed E-state index contributed by atoms with van der Waals surface area (Å²) < 4.78 is 46.7. The van der Waals surface area contributed by atoms with Crippen LogP contribution < -0.4 is 5.32 Å². The van der Waals surface area contributed by atoms with Gasteiger partial charge in [-0.2, -0.15) is 13.2 Å². The van der Waals surface area contributed by atoms with Gasteiger partial charge in [0.25, 0.3) is 0 Å². The first-order valence-electron chi connectivity index (χ1n) is 7.05. The molecule has 0 radical (unpaired) electrons. The van der Waals surface area contributed by atoms with Crippen LogP contribution in [0, 0.1) is 0 Å². The van der Waals surface area contributed by atoms with Crippen molar-refractivity contribution in [1.82, 2.24) is 5.32 Å². The molecule has 0 bridgehead atoms. The van der Waals surface area contributed by atoms with E-state index in [1.165, 1.54) is 0 Å². The van der Waals surface area contributed by atoms with Crippen molar-refractivity contribution in [3.63, 3.8) is 0 Å². The Bertz CT molecular complexity index is 267. The first kappa shape index (κ1) is 15.1. The van der Waals surface area contributed by atoms with Gasteiger partial charge in [-0.1, -0.05) is 0 Å². The molecule has 1 heterocycles. The summed E-state index contributed by atoms with van der Waals surface area (Å²) in [4.78, 5) is 0. The van der Waals surface area contributed by atoms with E-state index in [9.17, 15) is 13.2 Å². The lowest BCUT2D eigenvalue weighted by Gasteiger charge is -2.34. The standard InChI is InChI=1S/C13H22F3NO2/c14-13(15,16)9-19-12-5-1-3-10(7-12)17-11-4-2-6-18-8-11/h10-12,17H,1-9H2. The molecule has 3 nitrogen and oxygen atoms in total. The minimum atomic E-state index is -4.22. The molecule has 0 aromatic rings. The Morgan fingerprint density at radius 1 is 1.11 bits per heavy atom. The summed E-state index contributed by atoms with van der Waals surface area (Å²) in [7, 11) is 0. The Hall–Kier alpha value is -0.330. The average molecular weight is 281 g/mol. The molecule has 2 fully saturated rings. The molecule has 112 valence electrons. The van der Waals surface area contributed by atoms with E-state index in [1.54, 1.807) is 0 Å². The van der Waals surface area contributed by atoms with Crippen molar-refractivity contribution in [2.75, 3.05) is 19.8 Å². The molecule has 3 unspecified atom stereocenters. The van der Waals surface area contributed by atoms with Crippen molar-refractivity contribution in [3.05, 3.63) is 0 Å². The third kappa shape index (κ3) is 5.67. The van der Waals surface area contributed by atoms with E-state index in [-0.39, 0.29) is 12.1 Å². The smallest absolute Gasteiger partial charge is 0.380 e. The van der Waals surface area contributed by atoms with Crippen molar-refractivity contribution in [2.45, 2.75) is 62.9 Å². The van der Waals surface area contributed by atoms with Gasteiger partial charge in [-0.3, -0.25) is 0 Å². The number of halogens is 3. The van der Waals surface area contributed by atoms with Gasteiger partial charge in [0.15, 0.2) is 0 Å². The van der Waals surface area contributed by atoms with Crippen LogP contribution in [0.3, 0.4) is 0 Å². The number of rotatable bonds is 4. The number of alkyl halides is 3. The van der Waals surface area contributed by atoms with Gasteiger partial charge >= 0.3 is 6.18 Å². The van der Waals surface area contributed by atoms with Crippen LogP contribution in [0.2, 0.25) is 0 Å². The highest BCUT2D eigenvalue weighted by Crippen LogP contribution is 2.25. The zero-order valence-corrected chi connectivity index (χ0v) is 11.0. The van der Waals surface area contributed by atoms with Crippen LogP contribution in [0.1, 0.15) is 38.5 Å². The highest BCUT2D eigenvalue weighted by Gasteiger charge is 2.31. The molecule has 2 rings (SSSR count). The molecule has 19 heavy (non-hydrogen) atoms. The third-order valence-electron chi connectivity index (χ3n) is 3.74. The van der Waals surface area contributed by atoms with Crippen LogP contribution in [-0.4, -0.2) is 44.2 Å². The number of hydrogen-bond donors (Lipinski definition) is 1. The van der Waals surface area contributed by atoms with Crippen molar-refractivity contribution in [2.24, 2.45) is 0 Å². The van der Waals surface area contributed by atoms with Gasteiger partial charge in [0, 0.05) is 18.7 Å². The first-order chi connectivity index (χ1) is 9.03. The zero-order chi connectivity index (χ0) is 13.7. The van der Waals surface area contributed by atoms with Gasteiger partial charge in [-0.15, -0.1) is 0 Å². The molecular weight excluding hydrogens is 259 g/mol. The van der Waals surface area contributed by atoms with Gasteiger partial charge in [0.2, 0.25) is 0 Å². The zero-order valence-electron chi connectivity index (χ0n) is 11.0. The van der Waals surface area contributed by atoms with Crippen LogP contribution in [-0.2, 0) is 9.47 Å². The Balaban J connectivity index is 1.70.